The molecule has 0 spiro atoms. The lowest BCUT2D eigenvalue weighted by atomic mass is 9.89. The second-order valence-corrected chi connectivity index (χ2v) is 5.80. The van der Waals surface area contributed by atoms with E-state index < -0.39 is 6.04 Å². The topological polar surface area (TPSA) is 79.5 Å². The van der Waals surface area contributed by atoms with Crippen molar-refractivity contribution < 1.29 is 14.3 Å². The van der Waals surface area contributed by atoms with Gasteiger partial charge in [-0.05, 0) is 56.1 Å². The van der Waals surface area contributed by atoms with E-state index in [1.807, 2.05) is 0 Å². The molecule has 1 aromatic rings. The number of carbonyl (C=O) groups is 2. The maximum atomic E-state index is 12.5. The number of benzene rings is 1. The summed E-state index contributed by atoms with van der Waals surface area (Å²) in [7, 11) is 1.58. The van der Waals surface area contributed by atoms with E-state index in [9.17, 15) is 9.59 Å². The molecule has 130 valence electrons. The zero-order chi connectivity index (χ0) is 17.4. The van der Waals surface area contributed by atoms with Crippen LogP contribution < -0.4 is 20.7 Å². The Morgan fingerprint density at radius 2 is 2.00 bits per heavy atom. The Morgan fingerprint density at radius 3 is 2.58 bits per heavy atom. The molecule has 1 saturated heterocycles. The molecule has 3 N–H and O–H groups in total. The zero-order valence-electron chi connectivity index (χ0n) is 14.0. The average molecular weight is 331 g/mol. The molecule has 1 aromatic carbocycles. The van der Waals surface area contributed by atoms with Crippen LogP contribution in [0.2, 0.25) is 0 Å². The van der Waals surface area contributed by atoms with Crippen molar-refractivity contribution in [2.75, 3.05) is 26.7 Å². The maximum absolute atomic E-state index is 12.5. The zero-order valence-corrected chi connectivity index (χ0v) is 14.0. The fourth-order valence-electron chi connectivity index (χ4n) is 2.82. The minimum atomic E-state index is -0.540. The van der Waals surface area contributed by atoms with E-state index in [1.165, 1.54) is 0 Å². The molecular formula is C18H25N3O3. The molecule has 0 aliphatic carbocycles. The number of ether oxygens (including phenoxy) is 1. The molecule has 6 heteroatoms. The molecule has 1 fully saturated rings. The third-order valence-electron chi connectivity index (χ3n) is 4.20. The van der Waals surface area contributed by atoms with Crippen molar-refractivity contribution in [2.24, 2.45) is 5.92 Å². The first-order chi connectivity index (χ1) is 11.7. The predicted octanol–water partition coefficient (Wildman–Crippen LogP) is 1.10. The number of methoxy groups -OCH3 is 1. The van der Waals surface area contributed by atoms with Crippen molar-refractivity contribution >= 4 is 11.8 Å². The molecule has 2 rings (SSSR count). The van der Waals surface area contributed by atoms with Gasteiger partial charge in [0.05, 0.1) is 7.11 Å². The first-order valence-electron chi connectivity index (χ1n) is 8.20. The number of rotatable bonds is 7. The van der Waals surface area contributed by atoms with Crippen LogP contribution in [0.3, 0.4) is 0 Å². The Balaban J connectivity index is 2.08. The summed E-state index contributed by atoms with van der Waals surface area (Å²) in [5, 5.41) is 8.96. The molecule has 24 heavy (non-hydrogen) atoms. The van der Waals surface area contributed by atoms with E-state index in [4.69, 9.17) is 4.74 Å². The molecule has 1 aliphatic rings. The fraction of sp³-hybridized carbons (Fsp3) is 0.444. The van der Waals surface area contributed by atoms with Crippen LogP contribution in [-0.2, 0) is 4.79 Å². The number of piperidine rings is 1. The average Bonchev–Trinajstić information content (AvgIpc) is 2.64. The van der Waals surface area contributed by atoms with Crippen molar-refractivity contribution in [3.63, 3.8) is 0 Å². The van der Waals surface area contributed by atoms with Crippen LogP contribution >= 0.6 is 0 Å². The minimum absolute atomic E-state index is 0.123. The number of hydrogen-bond donors (Lipinski definition) is 3. The summed E-state index contributed by atoms with van der Waals surface area (Å²) < 4.78 is 5.10. The van der Waals surface area contributed by atoms with Gasteiger partial charge < -0.3 is 20.7 Å². The van der Waals surface area contributed by atoms with Crippen molar-refractivity contribution in [2.45, 2.75) is 18.9 Å². The van der Waals surface area contributed by atoms with E-state index in [2.05, 4.69) is 22.5 Å². The predicted molar refractivity (Wildman–Crippen MR) is 93.0 cm³/mol. The Kier molecular flexibility index (Phi) is 6.81. The van der Waals surface area contributed by atoms with Crippen molar-refractivity contribution in [1.82, 2.24) is 16.0 Å². The summed E-state index contributed by atoms with van der Waals surface area (Å²) in [6.07, 6.45) is 3.34. The van der Waals surface area contributed by atoms with Crippen LogP contribution in [0, 0.1) is 5.92 Å². The van der Waals surface area contributed by atoms with Crippen LogP contribution in [0.15, 0.2) is 36.9 Å². The number of carbonyl (C=O) groups excluding carboxylic acids is 2. The summed E-state index contributed by atoms with van der Waals surface area (Å²) in [6, 6.07) is 6.30. The summed E-state index contributed by atoms with van der Waals surface area (Å²) in [6.45, 7) is 5.70. The Morgan fingerprint density at radius 1 is 1.33 bits per heavy atom. The Bertz CT molecular complexity index is 565. The second kappa shape index (κ2) is 9.08. The molecule has 0 aromatic heterocycles. The third kappa shape index (κ3) is 4.83. The summed E-state index contributed by atoms with van der Waals surface area (Å²) in [5.41, 5.74) is 0.506. The van der Waals surface area contributed by atoms with Gasteiger partial charge in [-0.3, -0.25) is 9.59 Å². The lowest BCUT2D eigenvalue weighted by molar-refractivity contribution is -0.124. The molecule has 0 radical (unpaired) electrons. The van der Waals surface area contributed by atoms with Crippen LogP contribution in [0.1, 0.15) is 23.2 Å². The van der Waals surface area contributed by atoms with Gasteiger partial charge in [0.1, 0.15) is 11.8 Å². The maximum Gasteiger partial charge on any atom is 0.251 e. The molecule has 1 unspecified atom stereocenters. The smallest absolute Gasteiger partial charge is 0.251 e. The second-order valence-electron chi connectivity index (χ2n) is 5.80. The fourth-order valence-corrected chi connectivity index (χ4v) is 2.82. The standard InChI is InChI=1S/C18H25N3O3/c1-3-10-20-18(23)16(13-8-11-19-12-9-13)21-17(22)14-4-6-15(24-2)7-5-14/h3-7,13,16,19H,1,8-12H2,2H3,(H,20,23)(H,21,22). The van der Waals surface area contributed by atoms with Crippen LogP contribution in [-0.4, -0.2) is 44.6 Å². The number of hydrogen-bond acceptors (Lipinski definition) is 4. The highest BCUT2D eigenvalue weighted by atomic mass is 16.5. The number of nitrogens with one attached hydrogen (secondary N) is 3. The first-order valence-corrected chi connectivity index (χ1v) is 8.20. The van der Waals surface area contributed by atoms with Gasteiger partial charge in [0.15, 0.2) is 0 Å². The summed E-state index contributed by atoms with van der Waals surface area (Å²) >= 11 is 0. The minimum Gasteiger partial charge on any atom is -0.497 e. The molecule has 6 nitrogen and oxygen atoms in total. The van der Waals surface area contributed by atoms with E-state index >= 15 is 0 Å². The number of amides is 2. The monoisotopic (exact) mass is 331 g/mol. The van der Waals surface area contributed by atoms with E-state index in [1.54, 1.807) is 37.5 Å². The quantitative estimate of drug-likeness (QED) is 0.654. The van der Waals surface area contributed by atoms with Gasteiger partial charge >= 0.3 is 0 Å². The molecule has 0 saturated carbocycles. The van der Waals surface area contributed by atoms with Gasteiger partial charge in [-0.15, -0.1) is 6.58 Å². The van der Waals surface area contributed by atoms with Gasteiger partial charge in [-0.1, -0.05) is 6.08 Å². The molecule has 2 amide bonds. The van der Waals surface area contributed by atoms with Gasteiger partial charge in [0, 0.05) is 12.1 Å². The highest BCUT2D eigenvalue weighted by Gasteiger charge is 2.30. The molecule has 1 aliphatic heterocycles. The highest BCUT2D eigenvalue weighted by Crippen LogP contribution is 2.18. The Labute approximate surface area is 142 Å². The molecule has 1 heterocycles. The highest BCUT2D eigenvalue weighted by molar-refractivity contribution is 5.97. The van der Waals surface area contributed by atoms with Crippen molar-refractivity contribution in [3.05, 3.63) is 42.5 Å². The van der Waals surface area contributed by atoms with Crippen molar-refractivity contribution in [3.8, 4) is 5.75 Å². The van der Waals surface area contributed by atoms with E-state index in [0.717, 1.165) is 25.9 Å². The first kappa shape index (κ1) is 18.0. The van der Waals surface area contributed by atoms with E-state index in [-0.39, 0.29) is 17.7 Å². The molecule has 1 atom stereocenters. The van der Waals surface area contributed by atoms with Crippen LogP contribution in [0.5, 0.6) is 5.75 Å². The van der Waals surface area contributed by atoms with Gasteiger partial charge in [-0.2, -0.15) is 0 Å². The van der Waals surface area contributed by atoms with E-state index in [0.29, 0.717) is 17.9 Å². The molecular weight excluding hydrogens is 306 g/mol. The largest absolute Gasteiger partial charge is 0.497 e. The lowest BCUT2D eigenvalue weighted by Crippen LogP contribution is -2.53. The van der Waals surface area contributed by atoms with Gasteiger partial charge in [0.25, 0.3) is 5.91 Å². The SMILES string of the molecule is C=CCNC(=O)C(NC(=O)c1ccc(OC)cc1)C1CCNCC1. The van der Waals surface area contributed by atoms with Gasteiger partial charge in [-0.25, -0.2) is 0 Å². The van der Waals surface area contributed by atoms with Crippen LogP contribution in [0.4, 0.5) is 0 Å². The van der Waals surface area contributed by atoms with Gasteiger partial charge in [0.2, 0.25) is 5.91 Å². The third-order valence-corrected chi connectivity index (χ3v) is 4.20. The summed E-state index contributed by atoms with van der Waals surface area (Å²) in [5.74, 6) is 0.391. The molecule has 0 bridgehead atoms. The normalized spacial score (nSPS) is 16.0. The van der Waals surface area contributed by atoms with Crippen molar-refractivity contribution in [1.29, 1.82) is 0 Å². The summed E-state index contributed by atoms with van der Waals surface area (Å²) in [4.78, 5) is 25.0. The Hall–Kier alpha value is -2.34. The lowest BCUT2D eigenvalue weighted by Gasteiger charge is -2.30. The van der Waals surface area contributed by atoms with Crippen LogP contribution in [0.25, 0.3) is 0 Å².